The number of hydrogen-bond donors (Lipinski definition) is 1. The Balaban J connectivity index is 2.06. The van der Waals surface area contributed by atoms with E-state index in [1.165, 1.54) is 50.5 Å². The van der Waals surface area contributed by atoms with E-state index in [0.29, 0.717) is 0 Å². The molecule has 2 nitrogen and oxygen atoms in total. The van der Waals surface area contributed by atoms with Crippen molar-refractivity contribution < 1.29 is 4.79 Å². The first-order chi connectivity index (χ1) is 11.0. The first-order valence-electron chi connectivity index (χ1n) is 9.27. The smallest absolute Gasteiger partial charge is 0.222 e. The van der Waals surface area contributed by atoms with Gasteiger partial charge < -0.3 is 5.32 Å². The second-order valence-corrected chi connectivity index (χ2v) is 7.50. The number of carbonyl (C=O) groups excluding carboxylic acids is 1. The molecule has 0 aliphatic heterocycles. The van der Waals surface area contributed by atoms with Gasteiger partial charge in [0.2, 0.25) is 5.91 Å². The van der Waals surface area contributed by atoms with Gasteiger partial charge in [0.15, 0.2) is 0 Å². The summed E-state index contributed by atoms with van der Waals surface area (Å²) in [6, 6.07) is 0. The van der Waals surface area contributed by atoms with E-state index in [-0.39, 0.29) is 11.8 Å². The van der Waals surface area contributed by atoms with Crippen LogP contribution in [0.3, 0.4) is 0 Å². The van der Waals surface area contributed by atoms with Crippen molar-refractivity contribution in [2.75, 3.05) is 7.05 Å². The van der Waals surface area contributed by atoms with E-state index in [0.717, 1.165) is 12.3 Å². The quantitative estimate of drug-likeness (QED) is 0.660. The molecule has 0 bridgehead atoms. The molecule has 0 spiro atoms. The van der Waals surface area contributed by atoms with Gasteiger partial charge in [0, 0.05) is 13.0 Å². The van der Waals surface area contributed by atoms with E-state index in [4.69, 9.17) is 0 Å². The Labute approximate surface area is 142 Å². The predicted octanol–water partition coefficient (Wildman–Crippen LogP) is 5.32. The Morgan fingerprint density at radius 3 is 2.70 bits per heavy atom. The van der Waals surface area contributed by atoms with Gasteiger partial charge in [-0.1, -0.05) is 48.3 Å². The molecule has 1 amide bonds. The van der Waals surface area contributed by atoms with Gasteiger partial charge in [-0.3, -0.25) is 4.79 Å². The molecular formula is C21H33NO. The number of rotatable bonds is 6. The van der Waals surface area contributed by atoms with Crippen LogP contribution in [0.4, 0.5) is 0 Å². The van der Waals surface area contributed by atoms with E-state index < -0.39 is 0 Å². The summed E-state index contributed by atoms with van der Waals surface area (Å²) in [6.45, 7) is 6.67. The van der Waals surface area contributed by atoms with E-state index in [1.807, 2.05) is 0 Å². The molecule has 0 aromatic carbocycles. The monoisotopic (exact) mass is 315 g/mol. The van der Waals surface area contributed by atoms with Crippen molar-refractivity contribution in [1.29, 1.82) is 0 Å². The average molecular weight is 316 g/mol. The SMILES string of the molecule is CNC(=O)C(C)CC1=C(CCC2=C(C)C=CCC2)CC(C)CC1. The zero-order valence-corrected chi connectivity index (χ0v) is 15.4. The van der Waals surface area contributed by atoms with Gasteiger partial charge in [-0.2, -0.15) is 0 Å². The van der Waals surface area contributed by atoms with Gasteiger partial charge in [-0.25, -0.2) is 0 Å². The van der Waals surface area contributed by atoms with Gasteiger partial charge in [0.1, 0.15) is 0 Å². The molecule has 1 N–H and O–H groups in total. The number of nitrogens with one attached hydrogen (secondary N) is 1. The Morgan fingerprint density at radius 2 is 2.00 bits per heavy atom. The zero-order valence-electron chi connectivity index (χ0n) is 15.4. The third-order valence-electron chi connectivity index (χ3n) is 5.55. The van der Waals surface area contributed by atoms with Crippen molar-refractivity contribution in [3.63, 3.8) is 0 Å². The van der Waals surface area contributed by atoms with Crippen LogP contribution in [0.25, 0.3) is 0 Å². The summed E-state index contributed by atoms with van der Waals surface area (Å²) in [5.41, 5.74) is 6.33. The van der Waals surface area contributed by atoms with Crippen LogP contribution in [0.1, 0.15) is 72.1 Å². The highest BCUT2D eigenvalue weighted by atomic mass is 16.1. The van der Waals surface area contributed by atoms with Crippen LogP contribution in [0.15, 0.2) is 34.4 Å². The lowest BCUT2D eigenvalue weighted by Gasteiger charge is -2.27. The molecule has 2 aliphatic rings. The van der Waals surface area contributed by atoms with Crippen LogP contribution in [-0.2, 0) is 4.79 Å². The second kappa shape index (κ2) is 8.52. The molecule has 128 valence electrons. The van der Waals surface area contributed by atoms with Crippen molar-refractivity contribution in [2.24, 2.45) is 11.8 Å². The van der Waals surface area contributed by atoms with Crippen LogP contribution in [-0.4, -0.2) is 13.0 Å². The fourth-order valence-corrected chi connectivity index (χ4v) is 3.96. The molecule has 0 heterocycles. The molecule has 0 fully saturated rings. The molecule has 2 unspecified atom stereocenters. The molecule has 0 radical (unpaired) electrons. The fraction of sp³-hybridized carbons (Fsp3) is 0.667. The predicted molar refractivity (Wildman–Crippen MR) is 98.2 cm³/mol. The van der Waals surface area contributed by atoms with Gasteiger partial charge in [0.25, 0.3) is 0 Å². The Morgan fingerprint density at radius 1 is 1.26 bits per heavy atom. The molecule has 2 heteroatoms. The zero-order chi connectivity index (χ0) is 16.8. The summed E-state index contributed by atoms with van der Waals surface area (Å²) in [6.07, 6.45) is 14.0. The molecule has 0 aromatic heterocycles. The summed E-state index contributed by atoms with van der Waals surface area (Å²) >= 11 is 0. The van der Waals surface area contributed by atoms with Crippen LogP contribution in [0.5, 0.6) is 0 Å². The molecule has 0 saturated carbocycles. The van der Waals surface area contributed by atoms with Crippen LogP contribution >= 0.6 is 0 Å². The molecule has 2 rings (SSSR count). The first kappa shape index (κ1) is 18.0. The second-order valence-electron chi connectivity index (χ2n) is 7.50. The van der Waals surface area contributed by atoms with Gasteiger partial charge in [-0.05, 0) is 64.2 Å². The van der Waals surface area contributed by atoms with Crippen LogP contribution < -0.4 is 5.32 Å². The molecular weight excluding hydrogens is 282 g/mol. The summed E-state index contributed by atoms with van der Waals surface area (Å²) in [5, 5.41) is 2.79. The Hall–Kier alpha value is -1.31. The number of hydrogen-bond acceptors (Lipinski definition) is 1. The average Bonchev–Trinajstić information content (AvgIpc) is 2.55. The summed E-state index contributed by atoms with van der Waals surface area (Å²) in [5.74, 6) is 1.06. The first-order valence-corrected chi connectivity index (χ1v) is 9.27. The largest absolute Gasteiger partial charge is 0.359 e. The standard InChI is InChI=1S/C21H33NO/c1-15-9-10-20(14-17(3)21(23)22-4)19(13-15)12-11-18-8-6-5-7-16(18)2/h5,7,15,17H,6,8-14H2,1-4H3,(H,22,23). The van der Waals surface area contributed by atoms with Crippen molar-refractivity contribution in [2.45, 2.75) is 72.1 Å². The molecule has 0 aromatic rings. The van der Waals surface area contributed by atoms with Gasteiger partial charge >= 0.3 is 0 Å². The van der Waals surface area contributed by atoms with Crippen molar-refractivity contribution >= 4 is 5.91 Å². The van der Waals surface area contributed by atoms with Crippen molar-refractivity contribution in [3.05, 3.63) is 34.4 Å². The lowest BCUT2D eigenvalue weighted by Crippen LogP contribution is -2.26. The van der Waals surface area contributed by atoms with E-state index in [1.54, 1.807) is 23.8 Å². The third-order valence-corrected chi connectivity index (χ3v) is 5.55. The van der Waals surface area contributed by atoms with Crippen molar-refractivity contribution in [3.8, 4) is 0 Å². The molecule has 23 heavy (non-hydrogen) atoms. The van der Waals surface area contributed by atoms with Crippen molar-refractivity contribution in [1.82, 2.24) is 5.32 Å². The minimum atomic E-state index is 0.0944. The minimum absolute atomic E-state index is 0.0944. The maximum absolute atomic E-state index is 11.9. The lowest BCUT2D eigenvalue weighted by atomic mass is 9.79. The van der Waals surface area contributed by atoms with Gasteiger partial charge in [-0.15, -0.1) is 0 Å². The molecule has 2 aliphatic carbocycles. The topological polar surface area (TPSA) is 29.1 Å². The van der Waals surface area contributed by atoms with Crippen LogP contribution in [0.2, 0.25) is 0 Å². The summed E-state index contributed by atoms with van der Waals surface area (Å²) in [7, 11) is 1.74. The lowest BCUT2D eigenvalue weighted by molar-refractivity contribution is -0.123. The highest BCUT2D eigenvalue weighted by Gasteiger charge is 2.22. The van der Waals surface area contributed by atoms with Gasteiger partial charge in [0.05, 0.1) is 0 Å². The number of carbonyl (C=O) groups is 1. The minimum Gasteiger partial charge on any atom is -0.359 e. The molecule has 0 saturated heterocycles. The summed E-state index contributed by atoms with van der Waals surface area (Å²) < 4.78 is 0. The third kappa shape index (κ3) is 5.09. The highest BCUT2D eigenvalue weighted by Crippen LogP contribution is 2.36. The maximum atomic E-state index is 11.9. The normalized spacial score (nSPS) is 23.2. The molecule has 2 atom stereocenters. The summed E-state index contributed by atoms with van der Waals surface area (Å²) in [4.78, 5) is 11.9. The van der Waals surface area contributed by atoms with Crippen LogP contribution in [0, 0.1) is 11.8 Å². The fourth-order valence-electron chi connectivity index (χ4n) is 3.96. The van der Waals surface area contributed by atoms with E-state index in [2.05, 4.69) is 38.2 Å². The number of amides is 1. The highest BCUT2D eigenvalue weighted by molar-refractivity contribution is 5.78. The van der Waals surface area contributed by atoms with E-state index in [9.17, 15) is 4.79 Å². The Kier molecular flexibility index (Phi) is 6.68. The number of allylic oxidation sites excluding steroid dienone is 6. The van der Waals surface area contributed by atoms with E-state index >= 15 is 0 Å². The maximum Gasteiger partial charge on any atom is 0.222 e. The Bertz CT molecular complexity index is 524.